The fourth-order valence-electron chi connectivity index (χ4n) is 1.70. The van der Waals surface area contributed by atoms with Crippen LogP contribution in [0.25, 0.3) is 11.1 Å². The zero-order chi connectivity index (χ0) is 13.3. The highest BCUT2D eigenvalue weighted by atomic mass is 35.5. The summed E-state index contributed by atoms with van der Waals surface area (Å²) >= 11 is 5.78. The highest BCUT2D eigenvalue weighted by Gasteiger charge is 2.35. The number of hydrogen-bond acceptors (Lipinski definition) is 0. The van der Waals surface area contributed by atoms with Crippen LogP contribution in [0.1, 0.15) is 5.56 Å². The number of alkyl halides is 3. The van der Waals surface area contributed by atoms with Crippen LogP contribution in [0.2, 0.25) is 5.02 Å². The highest BCUT2D eigenvalue weighted by molar-refractivity contribution is 6.33. The van der Waals surface area contributed by atoms with E-state index >= 15 is 0 Å². The minimum absolute atomic E-state index is 0.130. The molecule has 0 aliphatic heterocycles. The lowest BCUT2D eigenvalue weighted by molar-refractivity contribution is -0.137. The van der Waals surface area contributed by atoms with Gasteiger partial charge in [-0.2, -0.15) is 13.2 Å². The molecule has 0 saturated carbocycles. The first kappa shape index (κ1) is 12.9. The summed E-state index contributed by atoms with van der Waals surface area (Å²) in [5.74, 6) is -0.740. The van der Waals surface area contributed by atoms with Gasteiger partial charge in [0.25, 0.3) is 0 Å². The molecule has 2 aromatic carbocycles. The smallest absolute Gasteiger partial charge is 0.206 e. The molecule has 0 nitrogen and oxygen atoms in total. The van der Waals surface area contributed by atoms with E-state index in [2.05, 4.69) is 0 Å². The lowest BCUT2D eigenvalue weighted by atomic mass is 9.99. The van der Waals surface area contributed by atoms with Crippen molar-refractivity contribution in [2.24, 2.45) is 0 Å². The van der Waals surface area contributed by atoms with Crippen LogP contribution < -0.4 is 0 Å². The zero-order valence-electron chi connectivity index (χ0n) is 8.93. The van der Waals surface area contributed by atoms with Crippen LogP contribution in [0.15, 0.2) is 42.5 Å². The van der Waals surface area contributed by atoms with Gasteiger partial charge in [-0.25, -0.2) is 4.39 Å². The molecule has 0 bridgehead atoms. The first-order valence-electron chi connectivity index (χ1n) is 5.02. The third-order valence-corrected chi connectivity index (χ3v) is 2.78. The molecular formula is C13H7ClF4. The van der Waals surface area contributed by atoms with Crippen molar-refractivity contribution in [3.8, 4) is 11.1 Å². The summed E-state index contributed by atoms with van der Waals surface area (Å²) < 4.78 is 52.2. The Morgan fingerprint density at radius 3 is 2.17 bits per heavy atom. The molecule has 0 unspecified atom stereocenters. The molecule has 0 aromatic heterocycles. The Morgan fingerprint density at radius 2 is 1.56 bits per heavy atom. The molecular weight excluding hydrogens is 268 g/mol. The van der Waals surface area contributed by atoms with Gasteiger partial charge in [-0.15, -0.1) is 0 Å². The average Bonchev–Trinajstić information content (AvgIpc) is 2.29. The first-order valence-corrected chi connectivity index (χ1v) is 5.39. The lowest BCUT2D eigenvalue weighted by Gasteiger charge is -2.14. The van der Waals surface area contributed by atoms with Crippen molar-refractivity contribution in [2.75, 3.05) is 0 Å². The van der Waals surface area contributed by atoms with Gasteiger partial charge in [0.15, 0.2) is 0 Å². The zero-order valence-corrected chi connectivity index (χ0v) is 9.69. The average molecular weight is 275 g/mol. The predicted octanol–water partition coefficient (Wildman–Crippen LogP) is 5.16. The number of halogens is 5. The van der Waals surface area contributed by atoms with E-state index in [1.807, 2.05) is 0 Å². The van der Waals surface area contributed by atoms with Crippen LogP contribution in [0, 0.1) is 5.82 Å². The quantitative estimate of drug-likeness (QED) is 0.630. The van der Waals surface area contributed by atoms with Crippen molar-refractivity contribution in [1.82, 2.24) is 0 Å². The van der Waals surface area contributed by atoms with Crippen molar-refractivity contribution < 1.29 is 17.6 Å². The van der Waals surface area contributed by atoms with Crippen molar-refractivity contribution in [3.05, 3.63) is 58.9 Å². The summed E-state index contributed by atoms with van der Waals surface area (Å²) in [6, 6.07) is 8.61. The van der Waals surface area contributed by atoms with E-state index in [4.69, 9.17) is 11.6 Å². The van der Waals surface area contributed by atoms with E-state index in [1.54, 1.807) is 0 Å². The number of hydrogen-bond donors (Lipinski definition) is 0. The molecule has 0 atom stereocenters. The fourth-order valence-corrected chi connectivity index (χ4v) is 1.97. The maximum Gasteiger partial charge on any atom is 0.417 e. The van der Waals surface area contributed by atoms with Gasteiger partial charge in [0.2, 0.25) is 0 Å². The Hall–Kier alpha value is -1.55. The van der Waals surface area contributed by atoms with Gasteiger partial charge in [-0.3, -0.25) is 0 Å². The van der Waals surface area contributed by atoms with Gasteiger partial charge in [0.05, 0.1) is 5.56 Å². The van der Waals surface area contributed by atoms with Crippen LogP contribution >= 0.6 is 11.6 Å². The summed E-state index contributed by atoms with van der Waals surface area (Å²) in [6.45, 7) is 0. The molecule has 2 aromatic rings. The molecule has 0 heterocycles. The maximum absolute atomic E-state index is 13.6. The maximum atomic E-state index is 13.6. The Bertz CT molecular complexity index is 575. The third kappa shape index (κ3) is 2.34. The molecule has 0 N–H and O–H groups in total. The first-order chi connectivity index (χ1) is 8.41. The standard InChI is InChI=1S/C13H7ClF4/c14-10-6-3-5-9(13(16,17)18)12(10)8-4-1-2-7-11(8)15/h1-7H. The van der Waals surface area contributed by atoms with Gasteiger partial charge >= 0.3 is 6.18 Å². The van der Waals surface area contributed by atoms with E-state index in [0.29, 0.717) is 0 Å². The largest absolute Gasteiger partial charge is 0.417 e. The van der Waals surface area contributed by atoms with Gasteiger partial charge in [0, 0.05) is 16.1 Å². The van der Waals surface area contributed by atoms with Gasteiger partial charge in [0.1, 0.15) is 5.82 Å². The van der Waals surface area contributed by atoms with Crippen LogP contribution in [-0.2, 0) is 6.18 Å². The van der Waals surface area contributed by atoms with Gasteiger partial charge in [-0.05, 0) is 18.2 Å². The summed E-state index contributed by atoms with van der Waals surface area (Å²) in [7, 11) is 0. The third-order valence-electron chi connectivity index (χ3n) is 2.46. The van der Waals surface area contributed by atoms with Gasteiger partial charge < -0.3 is 0 Å². The molecule has 0 aliphatic rings. The summed E-state index contributed by atoms with van der Waals surface area (Å²) in [5, 5.41) is -0.130. The second-order valence-electron chi connectivity index (χ2n) is 3.64. The van der Waals surface area contributed by atoms with Gasteiger partial charge in [-0.1, -0.05) is 35.9 Å². The molecule has 0 radical (unpaired) electrons. The van der Waals surface area contributed by atoms with Crippen LogP contribution in [-0.4, -0.2) is 0 Å². The topological polar surface area (TPSA) is 0 Å². The van der Waals surface area contributed by atoms with Crippen molar-refractivity contribution in [2.45, 2.75) is 6.18 Å². The Morgan fingerprint density at radius 1 is 0.889 bits per heavy atom. The van der Waals surface area contributed by atoms with E-state index in [1.165, 1.54) is 30.3 Å². The minimum atomic E-state index is -4.58. The second kappa shape index (κ2) is 4.61. The van der Waals surface area contributed by atoms with E-state index < -0.39 is 17.6 Å². The molecule has 0 aliphatic carbocycles. The van der Waals surface area contributed by atoms with E-state index in [-0.39, 0.29) is 16.1 Å². The molecule has 0 saturated heterocycles. The summed E-state index contributed by atoms with van der Waals surface area (Å²) in [5.41, 5.74) is -1.43. The predicted molar refractivity (Wildman–Crippen MR) is 61.8 cm³/mol. The molecule has 0 spiro atoms. The molecule has 94 valence electrons. The Kier molecular flexibility index (Phi) is 3.30. The van der Waals surface area contributed by atoms with Crippen LogP contribution in [0.4, 0.5) is 17.6 Å². The number of benzene rings is 2. The van der Waals surface area contributed by atoms with Crippen LogP contribution in [0.5, 0.6) is 0 Å². The number of rotatable bonds is 1. The monoisotopic (exact) mass is 274 g/mol. The fraction of sp³-hybridized carbons (Fsp3) is 0.0769. The van der Waals surface area contributed by atoms with E-state index in [9.17, 15) is 17.6 Å². The van der Waals surface area contributed by atoms with Crippen molar-refractivity contribution in [1.29, 1.82) is 0 Å². The second-order valence-corrected chi connectivity index (χ2v) is 4.05. The van der Waals surface area contributed by atoms with E-state index in [0.717, 1.165) is 12.1 Å². The molecule has 0 fully saturated rings. The minimum Gasteiger partial charge on any atom is -0.206 e. The molecule has 18 heavy (non-hydrogen) atoms. The summed E-state index contributed by atoms with van der Waals surface area (Å²) in [4.78, 5) is 0. The molecule has 5 heteroatoms. The summed E-state index contributed by atoms with van der Waals surface area (Å²) in [6.07, 6.45) is -4.58. The molecule has 2 rings (SSSR count). The normalized spacial score (nSPS) is 11.6. The van der Waals surface area contributed by atoms with Crippen molar-refractivity contribution >= 4 is 11.6 Å². The Balaban J connectivity index is 2.75. The molecule has 0 amide bonds. The SMILES string of the molecule is Fc1ccccc1-c1c(Cl)cccc1C(F)(F)F. The van der Waals surface area contributed by atoms with Crippen LogP contribution in [0.3, 0.4) is 0 Å². The van der Waals surface area contributed by atoms with Crippen molar-refractivity contribution in [3.63, 3.8) is 0 Å². The Labute approximate surface area is 106 Å². The lowest BCUT2D eigenvalue weighted by Crippen LogP contribution is -2.07. The highest BCUT2D eigenvalue weighted by Crippen LogP contribution is 2.41.